The number of aromatic nitrogens is 4. The molecule has 0 saturated heterocycles. The molecule has 0 aliphatic heterocycles. The maximum absolute atomic E-state index is 8.25. The first-order valence-corrected chi connectivity index (χ1v) is 13.5. The Morgan fingerprint density at radius 3 is 0.673 bits per heavy atom. The second-order valence-corrected chi connectivity index (χ2v) is 8.47. The molecule has 2 aromatic carbocycles. The van der Waals surface area contributed by atoms with E-state index in [-0.39, 0.29) is 55.7 Å². The summed E-state index contributed by atoms with van der Waals surface area (Å²) in [6.07, 6.45) is 6.75. The normalized spacial score (nSPS) is 8.62. The number of hydrogen-bond donors (Lipinski definition) is 0. The van der Waals surface area contributed by atoms with Crippen LogP contribution in [-0.4, -0.2) is 41.1 Å². The summed E-state index contributed by atoms with van der Waals surface area (Å²) >= 11 is 0. The Morgan fingerprint density at radius 1 is 0.365 bits per heavy atom. The summed E-state index contributed by atoms with van der Waals surface area (Å²) < 4.78 is 22.4. The Hall–Kier alpha value is -5.96. The van der Waals surface area contributed by atoms with Crippen molar-refractivity contribution in [1.82, 2.24) is 19.9 Å². The van der Waals surface area contributed by atoms with Crippen LogP contribution in [0.5, 0.6) is 46.5 Å². The molecule has 0 amide bonds. The molecule has 4 aromatic heterocycles. The van der Waals surface area contributed by atoms with Gasteiger partial charge in [0.05, 0.1) is 10.2 Å². The Bertz CT molecular complexity index is 1530. The zero-order chi connectivity index (χ0) is 34.4. The molecule has 18 nitrogen and oxygen atoms in total. The largest absolute Gasteiger partial charge is 1.00 e. The van der Waals surface area contributed by atoms with Crippen LogP contribution in [0.4, 0.5) is 0 Å². The standard InChI is InChI=1S/2C16H12N2O2.2Ag.2NO3.2H2O/c2*1-3-11-17-15(5-1)19-13-7-9-14(10-8-13)20-16-6-2-4-12-18-16;;;2*2-1(3)4;;/h2*1-12H;;;;;2*1H2/q;;2*+1;2*-1;;. The monoisotopic (exact) mass is 902 g/mol. The van der Waals surface area contributed by atoms with Crippen LogP contribution in [0.25, 0.3) is 0 Å². The van der Waals surface area contributed by atoms with E-state index in [2.05, 4.69) is 19.9 Å². The Kier molecular flexibility index (Phi) is 25.8. The molecular formula is C32H28Ag2N6O12. The molecule has 0 bridgehead atoms. The fraction of sp³-hybridized carbons (Fsp3) is 0. The number of rotatable bonds is 8. The molecule has 0 fully saturated rings. The minimum atomic E-state index is -1.75. The number of pyridine rings is 4. The Balaban J connectivity index is 0. The van der Waals surface area contributed by atoms with E-state index in [1.807, 2.05) is 97.1 Å². The molecule has 0 radical (unpaired) electrons. The van der Waals surface area contributed by atoms with Crippen molar-refractivity contribution in [1.29, 1.82) is 0 Å². The summed E-state index contributed by atoms with van der Waals surface area (Å²) in [5.74, 6) is 5.07. The zero-order valence-electron chi connectivity index (χ0n) is 26.2. The molecular weight excluding hydrogens is 876 g/mol. The zero-order valence-corrected chi connectivity index (χ0v) is 29.2. The molecule has 6 aromatic rings. The topological polar surface area (TPSA) is 284 Å². The van der Waals surface area contributed by atoms with Crippen LogP contribution in [0.2, 0.25) is 0 Å². The van der Waals surface area contributed by atoms with Crippen LogP contribution < -0.4 is 18.9 Å². The van der Waals surface area contributed by atoms with Crippen molar-refractivity contribution in [2.75, 3.05) is 0 Å². The van der Waals surface area contributed by atoms with Gasteiger partial charge in [0.1, 0.15) is 23.0 Å². The molecule has 52 heavy (non-hydrogen) atoms. The average Bonchev–Trinajstić information content (AvgIpc) is 3.08. The molecule has 0 atom stereocenters. The van der Waals surface area contributed by atoms with E-state index in [1.165, 1.54) is 0 Å². The third-order valence-electron chi connectivity index (χ3n) is 5.09. The molecule has 4 N–H and O–H groups in total. The van der Waals surface area contributed by atoms with E-state index in [9.17, 15) is 0 Å². The molecule has 0 saturated carbocycles. The minimum Gasteiger partial charge on any atom is -0.439 e. The van der Waals surface area contributed by atoms with Crippen LogP contribution in [0.1, 0.15) is 0 Å². The quantitative estimate of drug-likeness (QED) is 0.0963. The van der Waals surface area contributed by atoms with Gasteiger partial charge in [-0.1, -0.05) is 24.3 Å². The van der Waals surface area contributed by atoms with Gasteiger partial charge in [0.25, 0.3) is 0 Å². The van der Waals surface area contributed by atoms with Crippen LogP contribution in [0.3, 0.4) is 0 Å². The number of nitrogens with zero attached hydrogens (tertiary/aromatic N) is 6. The third-order valence-corrected chi connectivity index (χ3v) is 5.09. The summed E-state index contributed by atoms with van der Waals surface area (Å²) in [5.41, 5.74) is 0. The fourth-order valence-electron chi connectivity index (χ4n) is 3.26. The number of benzene rings is 2. The molecule has 4 heterocycles. The van der Waals surface area contributed by atoms with Crippen LogP contribution >= 0.6 is 0 Å². The molecule has 0 aliphatic carbocycles. The Morgan fingerprint density at radius 2 is 0.538 bits per heavy atom. The van der Waals surface area contributed by atoms with Gasteiger partial charge in [-0.05, 0) is 72.8 Å². The van der Waals surface area contributed by atoms with Crippen molar-refractivity contribution in [2.24, 2.45) is 0 Å². The van der Waals surface area contributed by atoms with Gasteiger partial charge in [-0.2, -0.15) is 0 Å². The second kappa shape index (κ2) is 27.8. The van der Waals surface area contributed by atoms with E-state index in [0.29, 0.717) is 46.5 Å². The van der Waals surface area contributed by atoms with Crippen molar-refractivity contribution in [2.45, 2.75) is 0 Å². The summed E-state index contributed by atoms with van der Waals surface area (Å²) in [6, 6.07) is 36.7. The third kappa shape index (κ3) is 21.2. The van der Waals surface area contributed by atoms with E-state index < -0.39 is 10.2 Å². The van der Waals surface area contributed by atoms with Crippen molar-refractivity contribution in [3.8, 4) is 46.5 Å². The predicted octanol–water partition coefficient (Wildman–Crippen LogP) is 5.99. The van der Waals surface area contributed by atoms with Gasteiger partial charge in [0.2, 0.25) is 23.5 Å². The van der Waals surface area contributed by atoms with E-state index in [4.69, 9.17) is 49.6 Å². The summed E-state index contributed by atoms with van der Waals surface area (Å²) in [6.45, 7) is 0. The van der Waals surface area contributed by atoms with E-state index in [1.54, 1.807) is 49.1 Å². The van der Waals surface area contributed by atoms with Gasteiger partial charge in [-0.15, -0.1) is 0 Å². The van der Waals surface area contributed by atoms with Gasteiger partial charge in [-0.25, -0.2) is 19.9 Å². The average molecular weight is 904 g/mol. The van der Waals surface area contributed by atoms with Crippen LogP contribution in [0.15, 0.2) is 146 Å². The van der Waals surface area contributed by atoms with Gasteiger partial charge < -0.3 is 60.5 Å². The minimum absolute atomic E-state index is 0. The predicted molar refractivity (Wildman–Crippen MR) is 178 cm³/mol. The number of hydrogen-bond acceptors (Lipinski definition) is 14. The first-order chi connectivity index (χ1) is 23.3. The molecule has 0 aliphatic rings. The van der Waals surface area contributed by atoms with Crippen LogP contribution in [-0.2, 0) is 44.8 Å². The SMILES string of the molecule is O.O.O=[N+]([O-])[O-].O=[N+]([O-])[O-].[Ag+].[Ag+].c1ccc(Oc2ccc(Oc3ccccn3)cc2)nc1.c1ccc(Oc2ccc(Oc3ccccn3)cc2)nc1. The summed E-state index contributed by atoms with van der Waals surface area (Å²) in [4.78, 5) is 32.9. The van der Waals surface area contributed by atoms with Crippen molar-refractivity contribution < 1.29 is 84.8 Å². The maximum Gasteiger partial charge on any atom is 1.00 e. The van der Waals surface area contributed by atoms with E-state index >= 15 is 0 Å². The first kappa shape index (κ1) is 48.2. The van der Waals surface area contributed by atoms with Crippen molar-refractivity contribution in [3.63, 3.8) is 0 Å². The van der Waals surface area contributed by atoms with E-state index in [0.717, 1.165) is 0 Å². The molecule has 0 spiro atoms. The van der Waals surface area contributed by atoms with Gasteiger partial charge in [0, 0.05) is 49.1 Å². The smallest absolute Gasteiger partial charge is 0.439 e. The van der Waals surface area contributed by atoms with Gasteiger partial charge in [-0.3, -0.25) is 0 Å². The van der Waals surface area contributed by atoms with Gasteiger partial charge >= 0.3 is 44.8 Å². The molecule has 0 unspecified atom stereocenters. The molecule has 6 rings (SSSR count). The Labute approximate surface area is 326 Å². The first-order valence-electron chi connectivity index (χ1n) is 13.5. The van der Waals surface area contributed by atoms with Crippen molar-refractivity contribution in [3.05, 3.63) is 177 Å². The second-order valence-electron chi connectivity index (χ2n) is 8.47. The van der Waals surface area contributed by atoms with Gasteiger partial charge in [0.15, 0.2) is 0 Å². The van der Waals surface area contributed by atoms with Crippen LogP contribution in [0, 0.1) is 30.6 Å². The fourth-order valence-corrected chi connectivity index (χ4v) is 3.26. The summed E-state index contributed by atoms with van der Waals surface area (Å²) in [7, 11) is 0. The number of ether oxygens (including phenoxy) is 4. The maximum atomic E-state index is 8.25. The molecule has 20 heteroatoms. The molecule has 280 valence electrons. The summed E-state index contributed by atoms with van der Waals surface area (Å²) in [5, 5.41) is 29.5. The van der Waals surface area contributed by atoms with Crippen molar-refractivity contribution >= 4 is 0 Å².